The smallest absolute Gasteiger partial charge is 0.223 e. The highest BCUT2D eigenvalue weighted by atomic mass is 16.1. The number of nitrogens with one attached hydrogen (secondary N) is 1. The summed E-state index contributed by atoms with van der Waals surface area (Å²) in [5.41, 5.74) is 5.95. The summed E-state index contributed by atoms with van der Waals surface area (Å²) in [7, 11) is 0. The van der Waals surface area contributed by atoms with Crippen LogP contribution in [0, 0.1) is 17.8 Å². The predicted octanol–water partition coefficient (Wildman–Crippen LogP) is 3.62. The van der Waals surface area contributed by atoms with Crippen molar-refractivity contribution in [3.63, 3.8) is 0 Å². The summed E-state index contributed by atoms with van der Waals surface area (Å²) in [6, 6.07) is 0.714. The number of amides is 1. The number of hydrogen-bond donors (Lipinski definition) is 2. The number of carbonyl (C=O) groups is 1. The van der Waals surface area contributed by atoms with Crippen molar-refractivity contribution in [2.45, 2.75) is 90.1 Å². The van der Waals surface area contributed by atoms with Gasteiger partial charge < -0.3 is 11.1 Å². The van der Waals surface area contributed by atoms with Gasteiger partial charge in [0, 0.05) is 18.0 Å². The van der Waals surface area contributed by atoms with Gasteiger partial charge in [0.2, 0.25) is 5.91 Å². The number of hydrogen-bond acceptors (Lipinski definition) is 2. The van der Waals surface area contributed by atoms with Crippen LogP contribution in [0.25, 0.3) is 0 Å². The van der Waals surface area contributed by atoms with Crippen LogP contribution >= 0.6 is 0 Å². The quantitative estimate of drug-likeness (QED) is 0.813. The Balaban J connectivity index is 1.83. The number of nitrogens with two attached hydrogens (primary N) is 1. The molecule has 3 heteroatoms. The van der Waals surface area contributed by atoms with Gasteiger partial charge in [0.15, 0.2) is 0 Å². The predicted molar refractivity (Wildman–Crippen MR) is 87.9 cm³/mol. The largest absolute Gasteiger partial charge is 0.353 e. The Morgan fingerprint density at radius 2 is 1.67 bits per heavy atom. The van der Waals surface area contributed by atoms with Crippen LogP contribution in [-0.4, -0.2) is 18.0 Å². The van der Waals surface area contributed by atoms with Gasteiger partial charge >= 0.3 is 0 Å². The van der Waals surface area contributed by atoms with Crippen molar-refractivity contribution in [3.05, 3.63) is 0 Å². The maximum atomic E-state index is 12.7. The van der Waals surface area contributed by atoms with Crippen LogP contribution in [0.15, 0.2) is 0 Å². The minimum absolute atomic E-state index is 0.198. The standard InChI is InChI=1S/C18H34N2O/c1-13(2)17(12-14-6-4-3-5-7-14)18(21)20-16-10-8-15(19)9-11-16/h13-17H,3-12,19H2,1-2H3,(H,20,21). The molecule has 2 fully saturated rings. The molecule has 0 aromatic rings. The molecule has 0 bridgehead atoms. The van der Waals surface area contributed by atoms with Crippen molar-refractivity contribution in [1.82, 2.24) is 5.32 Å². The summed E-state index contributed by atoms with van der Waals surface area (Å²) in [6.45, 7) is 4.40. The van der Waals surface area contributed by atoms with E-state index in [1.54, 1.807) is 0 Å². The zero-order valence-electron chi connectivity index (χ0n) is 13.9. The molecule has 2 saturated carbocycles. The topological polar surface area (TPSA) is 55.1 Å². The minimum Gasteiger partial charge on any atom is -0.353 e. The van der Waals surface area contributed by atoms with Crippen LogP contribution < -0.4 is 11.1 Å². The summed E-state index contributed by atoms with van der Waals surface area (Å²) in [6.07, 6.45) is 12.1. The maximum Gasteiger partial charge on any atom is 0.223 e. The van der Waals surface area contributed by atoms with E-state index >= 15 is 0 Å². The lowest BCUT2D eigenvalue weighted by Gasteiger charge is -2.31. The molecule has 0 aliphatic heterocycles. The lowest BCUT2D eigenvalue weighted by molar-refractivity contribution is -0.128. The fraction of sp³-hybridized carbons (Fsp3) is 0.944. The Hall–Kier alpha value is -0.570. The van der Waals surface area contributed by atoms with Crippen molar-refractivity contribution in [2.75, 3.05) is 0 Å². The zero-order chi connectivity index (χ0) is 15.2. The van der Waals surface area contributed by atoms with Crippen LogP contribution in [0.1, 0.15) is 78.1 Å². The van der Waals surface area contributed by atoms with Gasteiger partial charge in [-0.1, -0.05) is 46.0 Å². The van der Waals surface area contributed by atoms with Gasteiger partial charge in [-0.3, -0.25) is 4.79 Å². The molecule has 3 N–H and O–H groups in total. The lowest BCUT2D eigenvalue weighted by atomic mass is 9.78. The molecule has 0 radical (unpaired) electrons. The highest BCUT2D eigenvalue weighted by molar-refractivity contribution is 5.79. The van der Waals surface area contributed by atoms with Gasteiger partial charge in [-0.25, -0.2) is 0 Å². The Labute approximate surface area is 130 Å². The highest BCUT2D eigenvalue weighted by Crippen LogP contribution is 2.32. The van der Waals surface area contributed by atoms with Crippen molar-refractivity contribution in [1.29, 1.82) is 0 Å². The van der Waals surface area contributed by atoms with Crippen molar-refractivity contribution >= 4 is 5.91 Å². The molecular weight excluding hydrogens is 260 g/mol. The van der Waals surface area contributed by atoms with E-state index in [0.29, 0.717) is 23.9 Å². The van der Waals surface area contributed by atoms with Crippen LogP contribution in [-0.2, 0) is 4.79 Å². The molecule has 1 unspecified atom stereocenters. The molecule has 1 amide bonds. The molecule has 2 aliphatic rings. The van der Waals surface area contributed by atoms with Gasteiger partial charge in [-0.15, -0.1) is 0 Å². The first kappa shape index (κ1) is 16.8. The Morgan fingerprint density at radius 3 is 2.24 bits per heavy atom. The fourth-order valence-electron chi connectivity index (χ4n) is 4.04. The van der Waals surface area contributed by atoms with E-state index in [1.807, 2.05) is 0 Å². The molecule has 122 valence electrons. The van der Waals surface area contributed by atoms with Crippen LogP contribution in [0.2, 0.25) is 0 Å². The Bertz CT molecular complexity index is 315. The first-order valence-electron chi connectivity index (χ1n) is 9.12. The lowest BCUT2D eigenvalue weighted by Crippen LogP contribution is -2.44. The third-order valence-electron chi connectivity index (χ3n) is 5.57. The van der Waals surface area contributed by atoms with E-state index < -0.39 is 0 Å². The van der Waals surface area contributed by atoms with E-state index in [2.05, 4.69) is 19.2 Å². The van der Waals surface area contributed by atoms with Gasteiger partial charge in [0.1, 0.15) is 0 Å². The second-order valence-corrected chi connectivity index (χ2v) is 7.71. The van der Waals surface area contributed by atoms with Gasteiger partial charge in [-0.2, -0.15) is 0 Å². The van der Waals surface area contributed by atoms with Gasteiger partial charge in [0.25, 0.3) is 0 Å². The third kappa shape index (κ3) is 5.28. The molecule has 1 atom stereocenters. The monoisotopic (exact) mass is 294 g/mol. The number of carbonyl (C=O) groups excluding carboxylic acids is 1. The first-order valence-corrected chi connectivity index (χ1v) is 9.12. The Morgan fingerprint density at radius 1 is 1.05 bits per heavy atom. The van der Waals surface area contributed by atoms with E-state index in [4.69, 9.17) is 5.73 Å². The van der Waals surface area contributed by atoms with Gasteiger partial charge in [0.05, 0.1) is 0 Å². The summed E-state index contributed by atoms with van der Waals surface area (Å²) >= 11 is 0. The molecule has 2 aliphatic carbocycles. The fourth-order valence-corrected chi connectivity index (χ4v) is 4.04. The van der Waals surface area contributed by atoms with E-state index in [-0.39, 0.29) is 5.92 Å². The molecule has 0 saturated heterocycles. The first-order chi connectivity index (χ1) is 10.1. The second-order valence-electron chi connectivity index (χ2n) is 7.71. The van der Waals surface area contributed by atoms with Crippen molar-refractivity contribution < 1.29 is 4.79 Å². The summed E-state index contributed by atoms with van der Waals surface area (Å²) < 4.78 is 0. The second kappa shape index (κ2) is 8.17. The third-order valence-corrected chi connectivity index (χ3v) is 5.57. The average Bonchev–Trinajstić information content (AvgIpc) is 2.48. The SMILES string of the molecule is CC(C)C(CC1CCCCC1)C(=O)NC1CCC(N)CC1. The van der Waals surface area contributed by atoms with E-state index in [1.165, 1.54) is 32.1 Å². The van der Waals surface area contributed by atoms with Crippen molar-refractivity contribution in [3.8, 4) is 0 Å². The molecule has 21 heavy (non-hydrogen) atoms. The normalized spacial score (nSPS) is 29.3. The molecule has 0 heterocycles. The van der Waals surface area contributed by atoms with Gasteiger partial charge in [-0.05, 0) is 43.9 Å². The molecule has 0 aromatic carbocycles. The molecular formula is C18H34N2O. The maximum absolute atomic E-state index is 12.7. The highest BCUT2D eigenvalue weighted by Gasteiger charge is 2.29. The van der Waals surface area contributed by atoms with Crippen LogP contribution in [0.5, 0.6) is 0 Å². The minimum atomic E-state index is 0.198. The molecule has 3 nitrogen and oxygen atoms in total. The summed E-state index contributed by atoms with van der Waals surface area (Å²) in [4.78, 5) is 12.7. The number of rotatable bonds is 5. The molecule has 2 rings (SSSR count). The summed E-state index contributed by atoms with van der Waals surface area (Å²) in [5, 5.41) is 3.32. The Kier molecular flexibility index (Phi) is 6.53. The van der Waals surface area contributed by atoms with E-state index in [9.17, 15) is 4.79 Å². The average molecular weight is 294 g/mol. The van der Waals surface area contributed by atoms with Crippen molar-refractivity contribution in [2.24, 2.45) is 23.5 Å². The molecule has 0 aromatic heterocycles. The van der Waals surface area contributed by atoms with Crippen LogP contribution in [0.4, 0.5) is 0 Å². The van der Waals surface area contributed by atoms with E-state index in [0.717, 1.165) is 38.0 Å². The summed E-state index contributed by atoms with van der Waals surface area (Å²) in [5.74, 6) is 1.72. The molecule has 0 spiro atoms. The van der Waals surface area contributed by atoms with Crippen LogP contribution in [0.3, 0.4) is 0 Å². The zero-order valence-corrected chi connectivity index (χ0v) is 13.9.